The van der Waals surface area contributed by atoms with E-state index in [-0.39, 0.29) is 12.5 Å². The minimum Gasteiger partial charge on any atom is -0.479 e. The number of benzene rings is 2. The van der Waals surface area contributed by atoms with Crippen molar-refractivity contribution in [3.05, 3.63) is 64.7 Å². The summed E-state index contributed by atoms with van der Waals surface area (Å²) in [6, 6.07) is 14.5. The zero-order valence-electron chi connectivity index (χ0n) is 14.1. The Balaban J connectivity index is 1.72. The summed E-state index contributed by atoms with van der Waals surface area (Å²) in [5.41, 5.74) is 1.93. The standard InChI is InChI=1S/C19H20ClNO4/c1-13-4-3-5-17(10-13)25-14(2)19(23)24-12-18(22)21-11-15-6-8-16(20)9-7-15/h3-10,14H,11-12H2,1-2H3,(H,21,22)/t14-/m0/s1. The number of esters is 1. The van der Waals surface area contributed by atoms with E-state index >= 15 is 0 Å². The minimum atomic E-state index is -0.800. The van der Waals surface area contributed by atoms with Crippen LogP contribution in [0.5, 0.6) is 5.75 Å². The molecule has 1 N–H and O–H groups in total. The van der Waals surface area contributed by atoms with E-state index in [1.165, 1.54) is 0 Å². The van der Waals surface area contributed by atoms with Gasteiger partial charge < -0.3 is 14.8 Å². The molecule has 5 nitrogen and oxygen atoms in total. The molecule has 2 rings (SSSR count). The van der Waals surface area contributed by atoms with Crippen molar-refractivity contribution in [2.24, 2.45) is 0 Å². The molecule has 0 bridgehead atoms. The quantitative estimate of drug-likeness (QED) is 0.769. The minimum absolute atomic E-state index is 0.336. The highest BCUT2D eigenvalue weighted by Gasteiger charge is 2.17. The van der Waals surface area contributed by atoms with Gasteiger partial charge in [-0.15, -0.1) is 0 Å². The Morgan fingerprint density at radius 1 is 1.16 bits per heavy atom. The zero-order valence-corrected chi connectivity index (χ0v) is 14.9. The number of amides is 1. The number of carbonyl (C=O) groups is 2. The van der Waals surface area contributed by atoms with E-state index in [0.29, 0.717) is 17.3 Å². The predicted molar refractivity (Wildman–Crippen MR) is 95.5 cm³/mol. The van der Waals surface area contributed by atoms with Gasteiger partial charge >= 0.3 is 5.97 Å². The fourth-order valence-corrected chi connectivity index (χ4v) is 2.17. The normalized spacial score (nSPS) is 11.5. The average molecular weight is 362 g/mol. The number of nitrogens with one attached hydrogen (secondary N) is 1. The van der Waals surface area contributed by atoms with Crippen molar-refractivity contribution >= 4 is 23.5 Å². The first kappa shape index (κ1) is 18.8. The Labute approximate surface area is 151 Å². The van der Waals surface area contributed by atoms with Crippen LogP contribution in [0.3, 0.4) is 0 Å². The Morgan fingerprint density at radius 2 is 1.88 bits per heavy atom. The predicted octanol–water partition coefficient (Wildman–Crippen LogP) is 3.28. The average Bonchev–Trinajstić information content (AvgIpc) is 2.59. The lowest BCUT2D eigenvalue weighted by molar-refractivity contribution is -0.154. The number of ether oxygens (including phenoxy) is 2. The van der Waals surface area contributed by atoms with E-state index in [9.17, 15) is 9.59 Å². The smallest absolute Gasteiger partial charge is 0.347 e. The van der Waals surface area contributed by atoms with Gasteiger partial charge in [-0.2, -0.15) is 0 Å². The van der Waals surface area contributed by atoms with Gasteiger partial charge in [-0.05, 0) is 49.2 Å². The Kier molecular flexibility index (Phi) is 6.83. The lowest BCUT2D eigenvalue weighted by atomic mass is 10.2. The van der Waals surface area contributed by atoms with Crippen LogP contribution in [-0.4, -0.2) is 24.6 Å². The summed E-state index contributed by atoms with van der Waals surface area (Å²) in [4.78, 5) is 23.7. The summed E-state index contributed by atoms with van der Waals surface area (Å²) in [5.74, 6) is -0.397. The molecule has 0 heterocycles. The topological polar surface area (TPSA) is 64.6 Å². The molecule has 1 atom stereocenters. The third-order valence-electron chi connectivity index (χ3n) is 3.38. The second-order valence-corrected chi connectivity index (χ2v) is 6.02. The molecule has 0 fully saturated rings. The highest BCUT2D eigenvalue weighted by atomic mass is 35.5. The van der Waals surface area contributed by atoms with Gasteiger partial charge in [0.05, 0.1) is 0 Å². The van der Waals surface area contributed by atoms with Gasteiger partial charge in [-0.1, -0.05) is 35.9 Å². The Hall–Kier alpha value is -2.53. The van der Waals surface area contributed by atoms with Crippen molar-refractivity contribution in [2.75, 3.05) is 6.61 Å². The first-order valence-corrected chi connectivity index (χ1v) is 8.23. The third kappa shape index (κ3) is 6.47. The summed E-state index contributed by atoms with van der Waals surface area (Å²) in [6.07, 6.45) is -0.800. The molecule has 2 aromatic rings. The zero-order chi connectivity index (χ0) is 18.2. The molecule has 25 heavy (non-hydrogen) atoms. The van der Waals surface area contributed by atoms with Crippen LogP contribution in [0.15, 0.2) is 48.5 Å². The van der Waals surface area contributed by atoms with Crippen LogP contribution in [0, 0.1) is 6.92 Å². The fourth-order valence-electron chi connectivity index (χ4n) is 2.05. The molecular formula is C19H20ClNO4. The van der Waals surface area contributed by atoms with Crippen LogP contribution in [0.25, 0.3) is 0 Å². The van der Waals surface area contributed by atoms with Crippen LogP contribution < -0.4 is 10.1 Å². The first-order chi connectivity index (χ1) is 11.9. The van der Waals surface area contributed by atoms with Gasteiger partial charge in [0.15, 0.2) is 12.7 Å². The number of rotatable bonds is 7. The molecule has 0 aliphatic carbocycles. The van der Waals surface area contributed by atoms with Crippen molar-refractivity contribution in [2.45, 2.75) is 26.5 Å². The second kappa shape index (κ2) is 9.08. The van der Waals surface area contributed by atoms with Crippen molar-refractivity contribution in [1.29, 1.82) is 0 Å². The summed E-state index contributed by atoms with van der Waals surface area (Å²) < 4.78 is 10.5. The van der Waals surface area contributed by atoms with E-state index in [2.05, 4.69) is 5.32 Å². The van der Waals surface area contributed by atoms with Crippen molar-refractivity contribution in [1.82, 2.24) is 5.32 Å². The lowest BCUT2D eigenvalue weighted by Gasteiger charge is -2.14. The van der Waals surface area contributed by atoms with Gasteiger partial charge in [0.25, 0.3) is 5.91 Å². The number of carbonyl (C=O) groups excluding carboxylic acids is 2. The molecule has 0 aromatic heterocycles. The van der Waals surface area contributed by atoms with Crippen molar-refractivity contribution < 1.29 is 19.1 Å². The van der Waals surface area contributed by atoms with Crippen LogP contribution in [0.4, 0.5) is 0 Å². The van der Waals surface area contributed by atoms with E-state index in [0.717, 1.165) is 11.1 Å². The molecule has 1 amide bonds. The fraction of sp³-hybridized carbons (Fsp3) is 0.263. The largest absolute Gasteiger partial charge is 0.479 e. The summed E-state index contributed by atoms with van der Waals surface area (Å²) in [5, 5.41) is 3.30. The Morgan fingerprint density at radius 3 is 2.56 bits per heavy atom. The molecule has 0 radical (unpaired) electrons. The van der Waals surface area contributed by atoms with E-state index < -0.39 is 12.1 Å². The molecule has 0 saturated carbocycles. The molecule has 0 saturated heterocycles. The number of halogens is 1. The third-order valence-corrected chi connectivity index (χ3v) is 3.63. The maximum Gasteiger partial charge on any atom is 0.347 e. The molecule has 0 aliphatic heterocycles. The maximum atomic E-state index is 11.9. The van der Waals surface area contributed by atoms with Gasteiger partial charge in [-0.3, -0.25) is 4.79 Å². The monoisotopic (exact) mass is 361 g/mol. The summed E-state index contributed by atoms with van der Waals surface area (Å²) >= 11 is 5.80. The lowest BCUT2D eigenvalue weighted by Crippen LogP contribution is -2.32. The molecular weight excluding hydrogens is 342 g/mol. The highest BCUT2D eigenvalue weighted by Crippen LogP contribution is 2.14. The highest BCUT2D eigenvalue weighted by molar-refractivity contribution is 6.30. The number of hydrogen-bond donors (Lipinski definition) is 1. The number of hydrogen-bond acceptors (Lipinski definition) is 4. The molecule has 2 aromatic carbocycles. The maximum absolute atomic E-state index is 11.9. The molecule has 0 spiro atoms. The van der Waals surface area contributed by atoms with Gasteiger partial charge in [-0.25, -0.2) is 4.79 Å². The second-order valence-electron chi connectivity index (χ2n) is 5.59. The van der Waals surface area contributed by atoms with Crippen molar-refractivity contribution in [3.63, 3.8) is 0 Å². The van der Waals surface area contributed by atoms with E-state index in [4.69, 9.17) is 21.1 Å². The van der Waals surface area contributed by atoms with Crippen LogP contribution >= 0.6 is 11.6 Å². The van der Waals surface area contributed by atoms with Gasteiger partial charge in [0, 0.05) is 11.6 Å². The van der Waals surface area contributed by atoms with Gasteiger partial charge in [0.2, 0.25) is 0 Å². The summed E-state index contributed by atoms with van der Waals surface area (Å²) in [6.45, 7) is 3.49. The van der Waals surface area contributed by atoms with E-state index in [1.807, 2.05) is 37.3 Å². The summed E-state index contributed by atoms with van der Waals surface area (Å²) in [7, 11) is 0. The first-order valence-electron chi connectivity index (χ1n) is 7.85. The number of aryl methyl sites for hydroxylation is 1. The van der Waals surface area contributed by atoms with E-state index in [1.54, 1.807) is 25.1 Å². The SMILES string of the molecule is Cc1cccc(O[C@@H](C)C(=O)OCC(=O)NCc2ccc(Cl)cc2)c1. The molecule has 0 aliphatic rings. The molecule has 0 unspecified atom stereocenters. The molecule has 6 heteroatoms. The molecule has 132 valence electrons. The van der Waals surface area contributed by atoms with Gasteiger partial charge in [0.1, 0.15) is 5.75 Å². The van der Waals surface area contributed by atoms with Crippen molar-refractivity contribution in [3.8, 4) is 5.75 Å². The van der Waals surface area contributed by atoms with Crippen LogP contribution in [-0.2, 0) is 20.9 Å². The van der Waals surface area contributed by atoms with Crippen LogP contribution in [0.1, 0.15) is 18.1 Å². The Bertz CT molecular complexity index is 730. The van der Waals surface area contributed by atoms with Crippen LogP contribution in [0.2, 0.25) is 5.02 Å².